The third kappa shape index (κ3) is 3.68. The molecule has 1 aliphatic rings. The van der Waals surface area contributed by atoms with Crippen molar-refractivity contribution in [2.75, 3.05) is 32.3 Å². The first kappa shape index (κ1) is 20.7. The van der Waals surface area contributed by atoms with Crippen molar-refractivity contribution < 1.29 is 24.5 Å². The summed E-state index contributed by atoms with van der Waals surface area (Å²) in [5.74, 6) is 0.539. The molecule has 1 aromatic carbocycles. The van der Waals surface area contributed by atoms with Gasteiger partial charge in [0, 0.05) is 24.4 Å². The zero-order valence-corrected chi connectivity index (χ0v) is 17.2. The van der Waals surface area contributed by atoms with Crippen molar-refractivity contribution in [2.24, 2.45) is 0 Å². The van der Waals surface area contributed by atoms with Crippen LogP contribution in [0.3, 0.4) is 0 Å². The van der Waals surface area contributed by atoms with Crippen molar-refractivity contribution in [3.05, 3.63) is 57.9 Å². The molecule has 0 spiro atoms. The number of aromatic nitrogens is 2. The van der Waals surface area contributed by atoms with Gasteiger partial charge in [0.2, 0.25) is 5.43 Å². The van der Waals surface area contributed by atoms with Crippen molar-refractivity contribution in [1.29, 1.82) is 0 Å². The van der Waals surface area contributed by atoms with Crippen molar-refractivity contribution >= 4 is 22.8 Å². The highest BCUT2D eigenvalue weighted by atomic mass is 16.5. The Balaban J connectivity index is 1.87. The predicted octanol–water partition coefficient (Wildman–Crippen LogP) is 1.73. The minimum atomic E-state index is -1.30. The number of ether oxygens (including phenoxy) is 2. The van der Waals surface area contributed by atoms with Gasteiger partial charge in [0.25, 0.3) is 0 Å². The lowest BCUT2D eigenvalue weighted by molar-refractivity contribution is 0.0695. The van der Waals surface area contributed by atoms with E-state index in [0.29, 0.717) is 23.0 Å². The highest BCUT2D eigenvalue weighted by molar-refractivity contribution is 5.92. The highest BCUT2D eigenvalue weighted by Gasteiger charge is 2.29. The Morgan fingerprint density at radius 3 is 2.65 bits per heavy atom. The largest absolute Gasteiger partial charge is 0.497 e. The molecule has 9 nitrogen and oxygen atoms in total. The van der Waals surface area contributed by atoms with Gasteiger partial charge >= 0.3 is 5.97 Å². The summed E-state index contributed by atoms with van der Waals surface area (Å²) < 4.78 is 12.3. The molecule has 4 rings (SSSR count). The van der Waals surface area contributed by atoms with Crippen LogP contribution in [0.4, 0.5) is 5.82 Å². The summed E-state index contributed by atoms with van der Waals surface area (Å²) in [7, 11) is 3.10. The maximum absolute atomic E-state index is 12.7. The molecular formula is C22H23N3O6. The lowest BCUT2D eigenvalue weighted by Gasteiger charge is -2.40. The van der Waals surface area contributed by atoms with Crippen LogP contribution in [0.15, 0.2) is 41.3 Å². The van der Waals surface area contributed by atoms with Gasteiger partial charge in [0.05, 0.1) is 38.8 Å². The van der Waals surface area contributed by atoms with E-state index in [-0.39, 0.29) is 30.1 Å². The molecule has 0 bridgehead atoms. The number of carbonyl (C=O) groups is 1. The number of nitrogens with zero attached hydrogens (tertiary/aromatic N) is 3. The predicted molar refractivity (Wildman–Crippen MR) is 114 cm³/mol. The van der Waals surface area contributed by atoms with Gasteiger partial charge in [-0.3, -0.25) is 4.79 Å². The minimum absolute atomic E-state index is 0.00917. The monoisotopic (exact) mass is 425 g/mol. The van der Waals surface area contributed by atoms with Crippen molar-refractivity contribution in [1.82, 2.24) is 9.55 Å². The van der Waals surface area contributed by atoms with Crippen LogP contribution < -0.4 is 19.8 Å². The van der Waals surface area contributed by atoms with E-state index in [1.165, 1.54) is 6.20 Å². The molecule has 3 aromatic rings. The molecule has 0 aliphatic carbocycles. The number of benzene rings is 1. The Morgan fingerprint density at radius 2 is 2.03 bits per heavy atom. The minimum Gasteiger partial charge on any atom is -0.497 e. The van der Waals surface area contributed by atoms with Crippen LogP contribution in [0.2, 0.25) is 0 Å². The highest BCUT2D eigenvalue weighted by Crippen LogP contribution is 2.28. The smallest absolute Gasteiger partial charge is 0.341 e. The average Bonchev–Trinajstić information content (AvgIpc) is 2.75. The van der Waals surface area contributed by atoms with Crippen LogP contribution in [0.1, 0.15) is 22.3 Å². The van der Waals surface area contributed by atoms with Gasteiger partial charge in [-0.2, -0.15) is 0 Å². The van der Waals surface area contributed by atoms with E-state index in [2.05, 4.69) is 4.98 Å². The lowest BCUT2D eigenvalue weighted by atomic mass is 10.0. The van der Waals surface area contributed by atoms with E-state index < -0.39 is 11.4 Å². The molecule has 1 saturated heterocycles. The summed E-state index contributed by atoms with van der Waals surface area (Å²) in [5.41, 5.74) is 0.233. The van der Waals surface area contributed by atoms with Crippen LogP contribution >= 0.6 is 0 Å². The molecular weight excluding hydrogens is 402 g/mol. The van der Waals surface area contributed by atoms with Crippen LogP contribution in [0.25, 0.3) is 11.0 Å². The lowest BCUT2D eigenvalue weighted by Crippen LogP contribution is -2.50. The Bertz CT molecular complexity index is 1200. The first-order valence-corrected chi connectivity index (χ1v) is 9.82. The molecule has 162 valence electrons. The van der Waals surface area contributed by atoms with Gasteiger partial charge < -0.3 is 29.2 Å². The molecule has 2 N–H and O–H groups in total. The van der Waals surface area contributed by atoms with E-state index in [9.17, 15) is 19.8 Å². The molecule has 9 heteroatoms. The zero-order valence-electron chi connectivity index (χ0n) is 17.2. The number of carboxylic acids is 1. The summed E-state index contributed by atoms with van der Waals surface area (Å²) in [4.78, 5) is 31.0. The van der Waals surface area contributed by atoms with E-state index in [1.807, 2.05) is 11.0 Å². The van der Waals surface area contributed by atoms with E-state index >= 15 is 0 Å². The van der Waals surface area contributed by atoms with Crippen molar-refractivity contribution in [2.45, 2.75) is 19.0 Å². The van der Waals surface area contributed by atoms with Gasteiger partial charge in [0.1, 0.15) is 28.5 Å². The fraction of sp³-hybridized carbons (Fsp3) is 0.318. The molecule has 1 fully saturated rings. The standard InChI is InChI=1S/C22H23N3O6/c1-30-15-4-3-13(18(9-15)31-2)10-24-11-17(22(28)29)20(27)16-5-6-19(23-21(16)24)25-8-7-14(25)12-26/h3-6,9,11,14,26H,7-8,10,12H2,1-2H3,(H,28,29)/t14-/m0/s1. The number of carboxylic acid groups (broad SMARTS) is 1. The van der Waals surface area contributed by atoms with Crippen molar-refractivity contribution in [3.63, 3.8) is 0 Å². The number of hydrogen-bond donors (Lipinski definition) is 2. The number of aliphatic hydroxyl groups is 1. The Labute approximate surface area is 178 Å². The zero-order chi connectivity index (χ0) is 22.1. The summed E-state index contributed by atoms with van der Waals surface area (Å²) in [5, 5.41) is 19.3. The number of rotatable bonds is 7. The van der Waals surface area contributed by atoms with Gasteiger partial charge in [-0.15, -0.1) is 0 Å². The summed E-state index contributed by atoms with van der Waals surface area (Å²) >= 11 is 0. The topological polar surface area (TPSA) is 114 Å². The summed E-state index contributed by atoms with van der Waals surface area (Å²) in [6.45, 7) is 1.02. The number of aromatic carboxylic acids is 1. The summed E-state index contributed by atoms with van der Waals surface area (Å²) in [6.07, 6.45) is 2.18. The van der Waals surface area contributed by atoms with E-state index in [1.54, 1.807) is 43.1 Å². The van der Waals surface area contributed by atoms with E-state index in [4.69, 9.17) is 9.47 Å². The first-order valence-electron chi connectivity index (χ1n) is 9.82. The Hall–Kier alpha value is -3.59. The Morgan fingerprint density at radius 1 is 1.23 bits per heavy atom. The molecule has 0 radical (unpaired) electrons. The van der Waals surface area contributed by atoms with Crippen LogP contribution in [0, 0.1) is 0 Å². The summed E-state index contributed by atoms with van der Waals surface area (Å²) in [6, 6.07) is 8.62. The number of anilines is 1. The molecule has 0 unspecified atom stereocenters. The molecule has 0 amide bonds. The number of methoxy groups -OCH3 is 2. The third-order valence-electron chi connectivity index (χ3n) is 5.62. The second-order valence-corrected chi connectivity index (χ2v) is 7.34. The molecule has 3 heterocycles. The molecule has 0 saturated carbocycles. The maximum atomic E-state index is 12.7. The van der Waals surface area contributed by atoms with Gasteiger partial charge in [-0.05, 0) is 30.7 Å². The molecule has 1 atom stereocenters. The Kier molecular flexibility index (Phi) is 5.51. The average molecular weight is 425 g/mol. The molecule has 1 aliphatic heterocycles. The maximum Gasteiger partial charge on any atom is 0.341 e. The fourth-order valence-corrected chi connectivity index (χ4v) is 3.79. The van der Waals surface area contributed by atoms with E-state index in [0.717, 1.165) is 18.5 Å². The van der Waals surface area contributed by atoms with Gasteiger partial charge in [0.15, 0.2) is 0 Å². The number of aliphatic hydroxyl groups excluding tert-OH is 1. The quantitative estimate of drug-likeness (QED) is 0.588. The molecule has 31 heavy (non-hydrogen) atoms. The fourth-order valence-electron chi connectivity index (χ4n) is 3.79. The van der Waals surface area contributed by atoms with Gasteiger partial charge in [-0.1, -0.05) is 0 Å². The molecule has 2 aromatic heterocycles. The second-order valence-electron chi connectivity index (χ2n) is 7.34. The third-order valence-corrected chi connectivity index (χ3v) is 5.62. The van der Waals surface area contributed by atoms with Crippen LogP contribution in [-0.2, 0) is 6.54 Å². The number of hydrogen-bond acceptors (Lipinski definition) is 7. The SMILES string of the molecule is COc1ccc(Cn2cc(C(=O)O)c(=O)c3ccc(N4CC[C@H]4CO)nc32)c(OC)c1. The van der Waals surface area contributed by atoms with Crippen LogP contribution in [-0.4, -0.2) is 59.1 Å². The van der Waals surface area contributed by atoms with Crippen molar-refractivity contribution in [3.8, 4) is 11.5 Å². The second kappa shape index (κ2) is 8.27. The first-order chi connectivity index (χ1) is 15.0. The van der Waals surface area contributed by atoms with Gasteiger partial charge in [-0.25, -0.2) is 9.78 Å². The number of pyridine rings is 2. The van der Waals surface area contributed by atoms with Crippen LogP contribution in [0.5, 0.6) is 11.5 Å². The number of fused-ring (bicyclic) bond motifs is 1. The normalized spacial score (nSPS) is 15.6.